The second-order valence-electron chi connectivity index (χ2n) is 8.60. The van der Waals surface area contributed by atoms with Crippen molar-refractivity contribution in [2.45, 2.75) is 71.1 Å². The topological polar surface area (TPSA) is 0 Å². The smallest absolute Gasteiger partial charge is 0.00234 e. The maximum atomic E-state index is 2.47. The van der Waals surface area contributed by atoms with E-state index in [4.69, 9.17) is 0 Å². The molecular weight excluding hydrogens is 288 g/mol. The van der Waals surface area contributed by atoms with Gasteiger partial charge in [-0.25, -0.2) is 0 Å². The lowest BCUT2D eigenvalue weighted by molar-refractivity contribution is 0.160. The fourth-order valence-electron chi connectivity index (χ4n) is 4.58. The minimum absolute atomic E-state index is 0.330. The summed E-state index contributed by atoms with van der Waals surface area (Å²) >= 11 is 0. The average molecular weight is 321 g/mol. The number of aryl methyl sites for hydroxylation is 2. The van der Waals surface area contributed by atoms with Crippen molar-refractivity contribution < 1.29 is 0 Å². The van der Waals surface area contributed by atoms with Gasteiger partial charge in [0.15, 0.2) is 0 Å². The Morgan fingerprint density at radius 2 is 1.08 bits per heavy atom. The molecule has 128 valence electrons. The molecule has 0 aromatic heterocycles. The van der Waals surface area contributed by atoms with Crippen molar-refractivity contribution in [3.63, 3.8) is 0 Å². The molecule has 1 saturated carbocycles. The lowest BCUT2D eigenvalue weighted by Crippen LogP contribution is -2.41. The molecule has 0 atom stereocenters. The van der Waals surface area contributed by atoms with Crippen LogP contribution in [0.4, 0.5) is 0 Å². The van der Waals surface area contributed by atoms with Crippen LogP contribution in [0.25, 0.3) is 0 Å². The van der Waals surface area contributed by atoms with E-state index in [1.165, 1.54) is 42.4 Å². The molecule has 2 aromatic carbocycles. The van der Waals surface area contributed by atoms with E-state index in [9.17, 15) is 0 Å². The van der Waals surface area contributed by atoms with Gasteiger partial charge >= 0.3 is 0 Å². The van der Waals surface area contributed by atoms with Crippen LogP contribution in [0.15, 0.2) is 48.5 Å². The summed E-state index contributed by atoms with van der Waals surface area (Å²) in [7, 11) is 0. The molecule has 0 nitrogen and oxygen atoms in total. The summed E-state index contributed by atoms with van der Waals surface area (Å²) in [5.74, 6) is 0.683. The second kappa shape index (κ2) is 6.39. The second-order valence-corrected chi connectivity index (χ2v) is 8.60. The number of benzene rings is 2. The molecule has 1 fully saturated rings. The quantitative estimate of drug-likeness (QED) is 0.588. The number of hydrogen-bond acceptors (Lipinski definition) is 0. The Morgan fingerprint density at radius 1 is 0.667 bits per heavy atom. The summed E-state index contributed by atoms with van der Waals surface area (Å²) in [5.41, 5.74) is 6.46. The largest absolute Gasteiger partial charge is 0.0619 e. The number of rotatable bonds is 3. The van der Waals surface area contributed by atoms with Crippen LogP contribution in [0, 0.1) is 19.8 Å². The Labute approximate surface area is 148 Å². The van der Waals surface area contributed by atoms with Crippen molar-refractivity contribution in [1.82, 2.24) is 0 Å². The minimum Gasteiger partial charge on any atom is -0.0619 e. The van der Waals surface area contributed by atoms with E-state index in [0.29, 0.717) is 16.7 Å². The maximum absolute atomic E-state index is 2.47. The molecule has 0 heterocycles. The van der Waals surface area contributed by atoms with Crippen molar-refractivity contribution in [3.05, 3.63) is 70.8 Å². The minimum atomic E-state index is 0.330. The molecule has 0 heteroatoms. The van der Waals surface area contributed by atoms with Gasteiger partial charge in [-0.3, -0.25) is 0 Å². The third-order valence-electron chi connectivity index (χ3n) is 6.73. The van der Waals surface area contributed by atoms with Gasteiger partial charge in [0.2, 0.25) is 0 Å². The zero-order chi connectivity index (χ0) is 17.4. The Kier molecular flexibility index (Phi) is 4.60. The zero-order valence-electron chi connectivity index (χ0n) is 16.0. The standard InChI is InChI=1S/C24H32/c1-18(2)24(22-12-8-20(4)9-13-22)16-14-23(5,15-17-24)21-10-6-19(3)7-11-21/h6-13,18H,14-17H2,1-5H3. The van der Waals surface area contributed by atoms with E-state index in [1.807, 2.05) is 0 Å². The highest BCUT2D eigenvalue weighted by molar-refractivity contribution is 5.34. The van der Waals surface area contributed by atoms with Crippen LogP contribution < -0.4 is 0 Å². The summed E-state index contributed by atoms with van der Waals surface area (Å²) in [4.78, 5) is 0. The fourth-order valence-corrected chi connectivity index (χ4v) is 4.58. The Morgan fingerprint density at radius 3 is 1.50 bits per heavy atom. The van der Waals surface area contributed by atoms with Crippen molar-refractivity contribution in [2.75, 3.05) is 0 Å². The highest BCUT2D eigenvalue weighted by Gasteiger charge is 2.43. The van der Waals surface area contributed by atoms with Gasteiger partial charge in [0, 0.05) is 0 Å². The molecule has 0 aliphatic heterocycles. The van der Waals surface area contributed by atoms with Gasteiger partial charge in [0.25, 0.3) is 0 Å². The first-order valence-corrected chi connectivity index (χ1v) is 9.50. The van der Waals surface area contributed by atoms with Crippen LogP contribution in [0.1, 0.15) is 68.7 Å². The van der Waals surface area contributed by atoms with Gasteiger partial charge < -0.3 is 0 Å². The molecule has 2 aromatic rings. The molecule has 1 aliphatic rings. The van der Waals surface area contributed by atoms with Crippen molar-refractivity contribution in [2.24, 2.45) is 5.92 Å². The first kappa shape index (κ1) is 17.3. The Hall–Kier alpha value is -1.56. The molecule has 0 unspecified atom stereocenters. The van der Waals surface area contributed by atoms with E-state index < -0.39 is 0 Å². The summed E-state index contributed by atoms with van der Waals surface area (Å²) < 4.78 is 0. The Bertz CT molecular complexity index is 665. The molecule has 0 spiro atoms. The molecular formula is C24H32. The van der Waals surface area contributed by atoms with Gasteiger partial charge in [0.05, 0.1) is 0 Å². The molecule has 24 heavy (non-hydrogen) atoms. The van der Waals surface area contributed by atoms with Crippen LogP contribution >= 0.6 is 0 Å². The molecule has 1 aliphatic carbocycles. The van der Waals surface area contributed by atoms with Crippen molar-refractivity contribution in [1.29, 1.82) is 0 Å². The van der Waals surface area contributed by atoms with Crippen molar-refractivity contribution in [3.8, 4) is 0 Å². The van der Waals surface area contributed by atoms with Crippen LogP contribution in [-0.4, -0.2) is 0 Å². The van der Waals surface area contributed by atoms with E-state index in [0.717, 1.165) is 0 Å². The zero-order valence-corrected chi connectivity index (χ0v) is 16.0. The van der Waals surface area contributed by atoms with Gasteiger partial charge in [0.1, 0.15) is 0 Å². The monoisotopic (exact) mass is 320 g/mol. The van der Waals surface area contributed by atoms with Crippen LogP contribution in [0.5, 0.6) is 0 Å². The molecule has 3 rings (SSSR count). The normalized spacial score (nSPS) is 27.4. The van der Waals surface area contributed by atoms with Crippen LogP contribution in [0.3, 0.4) is 0 Å². The van der Waals surface area contributed by atoms with Crippen LogP contribution in [-0.2, 0) is 10.8 Å². The lowest BCUT2D eigenvalue weighted by Gasteiger charge is -2.48. The number of hydrogen-bond donors (Lipinski definition) is 0. The predicted molar refractivity (Wildman–Crippen MR) is 105 cm³/mol. The summed E-state index contributed by atoms with van der Waals surface area (Å²) in [6.45, 7) is 11.6. The predicted octanol–water partition coefficient (Wildman–Crippen LogP) is 6.73. The van der Waals surface area contributed by atoms with Gasteiger partial charge in [-0.05, 0) is 67.4 Å². The third-order valence-corrected chi connectivity index (χ3v) is 6.73. The summed E-state index contributed by atoms with van der Waals surface area (Å²) in [6.07, 6.45) is 5.14. The van der Waals surface area contributed by atoms with E-state index in [1.54, 1.807) is 5.56 Å². The molecule has 0 N–H and O–H groups in total. The highest BCUT2D eigenvalue weighted by atomic mass is 14.5. The third kappa shape index (κ3) is 3.04. The van der Waals surface area contributed by atoms with Gasteiger partial charge in [-0.15, -0.1) is 0 Å². The van der Waals surface area contributed by atoms with Gasteiger partial charge in [-0.2, -0.15) is 0 Å². The molecule has 0 amide bonds. The first-order chi connectivity index (χ1) is 11.4. The fraction of sp³-hybridized carbons (Fsp3) is 0.500. The van der Waals surface area contributed by atoms with Crippen LogP contribution in [0.2, 0.25) is 0 Å². The van der Waals surface area contributed by atoms with E-state index in [-0.39, 0.29) is 0 Å². The summed E-state index contributed by atoms with van der Waals surface area (Å²) in [6, 6.07) is 18.6. The van der Waals surface area contributed by atoms with E-state index in [2.05, 4.69) is 83.1 Å². The van der Waals surface area contributed by atoms with Crippen molar-refractivity contribution >= 4 is 0 Å². The molecule has 0 bridgehead atoms. The molecule has 0 saturated heterocycles. The molecule has 0 radical (unpaired) electrons. The maximum Gasteiger partial charge on any atom is -0.00234 e. The highest BCUT2D eigenvalue weighted by Crippen LogP contribution is 2.51. The Balaban J connectivity index is 1.87. The average Bonchev–Trinajstić information content (AvgIpc) is 2.57. The summed E-state index contributed by atoms with van der Waals surface area (Å²) in [5, 5.41) is 0. The lowest BCUT2D eigenvalue weighted by atomic mass is 9.56. The van der Waals surface area contributed by atoms with Gasteiger partial charge in [-0.1, -0.05) is 80.4 Å². The van der Waals surface area contributed by atoms with E-state index >= 15 is 0 Å². The first-order valence-electron chi connectivity index (χ1n) is 9.50. The SMILES string of the molecule is Cc1ccc(C2(C)CCC(c3ccc(C)cc3)(C(C)C)CC2)cc1.